The van der Waals surface area contributed by atoms with Gasteiger partial charge in [0, 0.05) is 19.4 Å². The SMILES string of the molecule is Cc1cc(C)cc(OCC(=O)NC(c2ccccc2)c2nccn2C)c1. The summed E-state index contributed by atoms with van der Waals surface area (Å²) in [5.74, 6) is 1.28. The van der Waals surface area contributed by atoms with Gasteiger partial charge in [-0.1, -0.05) is 36.4 Å². The lowest BCUT2D eigenvalue weighted by Gasteiger charge is -2.19. The zero-order valence-electron chi connectivity index (χ0n) is 15.3. The number of carbonyl (C=O) groups excluding carboxylic acids is 1. The molecule has 0 saturated carbocycles. The Kier molecular flexibility index (Phi) is 5.37. The molecule has 5 nitrogen and oxygen atoms in total. The molecule has 3 rings (SSSR count). The second kappa shape index (κ2) is 7.87. The van der Waals surface area contributed by atoms with Crippen molar-refractivity contribution in [2.45, 2.75) is 19.9 Å². The summed E-state index contributed by atoms with van der Waals surface area (Å²) >= 11 is 0. The highest BCUT2D eigenvalue weighted by atomic mass is 16.5. The van der Waals surface area contributed by atoms with Crippen molar-refractivity contribution >= 4 is 5.91 Å². The molecule has 0 bridgehead atoms. The van der Waals surface area contributed by atoms with Crippen molar-refractivity contribution in [2.75, 3.05) is 6.61 Å². The van der Waals surface area contributed by atoms with E-state index in [4.69, 9.17) is 4.74 Å². The van der Waals surface area contributed by atoms with E-state index in [1.165, 1.54) is 0 Å². The third-order valence-electron chi connectivity index (χ3n) is 4.12. The first-order valence-electron chi connectivity index (χ1n) is 8.55. The van der Waals surface area contributed by atoms with Gasteiger partial charge in [0.05, 0.1) is 0 Å². The molecule has 0 radical (unpaired) electrons. The minimum atomic E-state index is -0.327. The molecule has 0 saturated heterocycles. The second-order valence-electron chi connectivity index (χ2n) is 6.42. The Morgan fingerprint density at radius 2 is 1.85 bits per heavy atom. The van der Waals surface area contributed by atoms with Gasteiger partial charge in [-0.25, -0.2) is 4.98 Å². The maximum Gasteiger partial charge on any atom is 0.258 e. The lowest BCUT2D eigenvalue weighted by atomic mass is 10.1. The van der Waals surface area contributed by atoms with Crippen LogP contribution in [0.1, 0.15) is 28.6 Å². The maximum absolute atomic E-state index is 12.5. The first kappa shape index (κ1) is 17.7. The summed E-state index contributed by atoms with van der Waals surface area (Å²) in [6.45, 7) is 3.97. The summed E-state index contributed by atoms with van der Waals surface area (Å²) in [5, 5.41) is 3.03. The van der Waals surface area contributed by atoms with Gasteiger partial charge < -0.3 is 14.6 Å². The highest BCUT2D eigenvalue weighted by Gasteiger charge is 2.20. The Labute approximate surface area is 153 Å². The summed E-state index contributed by atoms with van der Waals surface area (Å²) in [6, 6.07) is 15.4. The van der Waals surface area contributed by atoms with Crippen LogP contribution in [0.5, 0.6) is 5.75 Å². The van der Waals surface area contributed by atoms with Crippen LogP contribution in [0.15, 0.2) is 60.9 Å². The van der Waals surface area contributed by atoms with Crippen molar-refractivity contribution < 1.29 is 9.53 Å². The monoisotopic (exact) mass is 349 g/mol. The van der Waals surface area contributed by atoms with Gasteiger partial charge in [-0.2, -0.15) is 0 Å². The van der Waals surface area contributed by atoms with Gasteiger partial charge in [-0.3, -0.25) is 4.79 Å². The number of benzene rings is 2. The van der Waals surface area contributed by atoms with Crippen molar-refractivity contribution in [1.82, 2.24) is 14.9 Å². The molecule has 5 heteroatoms. The lowest BCUT2D eigenvalue weighted by molar-refractivity contribution is -0.123. The Hall–Kier alpha value is -3.08. The molecular weight excluding hydrogens is 326 g/mol. The van der Waals surface area contributed by atoms with Gasteiger partial charge in [0.25, 0.3) is 5.91 Å². The number of carbonyl (C=O) groups is 1. The number of hydrogen-bond donors (Lipinski definition) is 1. The lowest BCUT2D eigenvalue weighted by Crippen LogP contribution is -2.34. The fraction of sp³-hybridized carbons (Fsp3) is 0.238. The molecule has 0 fully saturated rings. The first-order chi connectivity index (χ1) is 12.5. The first-order valence-corrected chi connectivity index (χ1v) is 8.55. The Morgan fingerprint density at radius 3 is 2.46 bits per heavy atom. The smallest absolute Gasteiger partial charge is 0.258 e. The highest BCUT2D eigenvalue weighted by Crippen LogP contribution is 2.20. The summed E-state index contributed by atoms with van der Waals surface area (Å²) in [7, 11) is 1.91. The van der Waals surface area contributed by atoms with E-state index in [2.05, 4.69) is 16.4 Å². The fourth-order valence-corrected chi connectivity index (χ4v) is 2.97. The zero-order chi connectivity index (χ0) is 18.5. The van der Waals surface area contributed by atoms with Crippen molar-refractivity contribution in [3.8, 4) is 5.75 Å². The summed E-state index contributed by atoms with van der Waals surface area (Å²) in [5.41, 5.74) is 3.19. The molecule has 1 heterocycles. The molecule has 1 aromatic heterocycles. The normalized spacial score (nSPS) is 11.8. The van der Waals surface area contributed by atoms with E-state index in [1.54, 1.807) is 6.20 Å². The molecule has 0 aliphatic carbocycles. The van der Waals surface area contributed by atoms with Gasteiger partial charge in [-0.15, -0.1) is 0 Å². The van der Waals surface area contributed by atoms with Crippen LogP contribution >= 0.6 is 0 Å². The molecule has 0 aliphatic rings. The van der Waals surface area contributed by atoms with E-state index < -0.39 is 0 Å². The van der Waals surface area contributed by atoms with E-state index in [-0.39, 0.29) is 18.6 Å². The average molecular weight is 349 g/mol. The number of nitrogens with zero attached hydrogens (tertiary/aromatic N) is 2. The van der Waals surface area contributed by atoms with Crippen LogP contribution in [0.4, 0.5) is 0 Å². The van der Waals surface area contributed by atoms with Gasteiger partial charge >= 0.3 is 0 Å². The Balaban J connectivity index is 1.72. The van der Waals surface area contributed by atoms with Crippen molar-refractivity contribution in [1.29, 1.82) is 0 Å². The Morgan fingerprint density at radius 1 is 1.15 bits per heavy atom. The minimum Gasteiger partial charge on any atom is -0.484 e. The Bertz CT molecular complexity index is 867. The zero-order valence-corrected chi connectivity index (χ0v) is 15.3. The second-order valence-corrected chi connectivity index (χ2v) is 6.42. The quantitative estimate of drug-likeness (QED) is 0.743. The number of aryl methyl sites for hydroxylation is 3. The van der Waals surface area contributed by atoms with E-state index in [0.717, 1.165) is 22.5 Å². The number of amides is 1. The van der Waals surface area contributed by atoms with E-state index >= 15 is 0 Å². The van der Waals surface area contributed by atoms with Gasteiger partial charge in [0.15, 0.2) is 6.61 Å². The van der Waals surface area contributed by atoms with E-state index in [1.807, 2.05) is 74.1 Å². The number of rotatable bonds is 6. The number of ether oxygens (including phenoxy) is 1. The number of imidazole rings is 1. The fourth-order valence-electron chi connectivity index (χ4n) is 2.97. The van der Waals surface area contributed by atoms with E-state index in [9.17, 15) is 4.79 Å². The third kappa shape index (κ3) is 4.30. The van der Waals surface area contributed by atoms with Crippen LogP contribution in [-0.4, -0.2) is 22.1 Å². The van der Waals surface area contributed by atoms with E-state index in [0.29, 0.717) is 5.75 Å². The molecule has 134 valence electrons. The summed E-state index contributed by atoms with van der Waals surface area (Å²) in [4.78, 5) is 16.9. The standard InChI is InChI=1S/C21H23N3O2/c1-15-11-16(2)13-18(12-15)26-14-19(25)23-20(17-7-5-4-6-8-17)21-22-9-10-24(21)3/h4-13,20H,14H2,1-3H3,(H,23,25). The predicted octanol–water partition coefficient (Wildman–Crippen LogP) is 3.32. The molecular formula is C21H23N3O2. The number of nitrogens with one attached hydrogen (secondary N) is 1. The highest BCUT2D eigenvalue weighted by molar-refractivity contribution is 5.78. The third-order valence-corrected chi connectivity index (χ3v) is 4.12. The predicted molar refractivity (Wildman–Crippen MR) is 101 cm³/mol. The van der Waals surface area contributed by atoms with Crippen LogP contribution in [0.2, 0.25) is 0 Å². The largest absolute Gasteiger partial charge is 0.484 e. The van der Waals surface area contributed by atoms with Gasteiger partial charge in [0.1, 0.15) is 17.6 Å². The summed E-state index contributed by atoms with van der Waals surface area (Å²) in [6.07, 6.45) is 3.59. The molecule has 3 aromatic rings. The molecule has 1 N–H and O–H groups in total. The van der Waals surface area contributed by atoms with Crippen LogP contribution in [0.25, 0.3) is 0 Å². The molecule has 1 amide bonds. The van der Waals surface area contributed by atoms with Crippen molar-refractivity contribution in [3.05, 3.63) is 83.4 Å². The molecule has 1 unspecified atom stereocenters. The molecule has 2 aromatic carbocycles. The minimum absolute atomic E-state index is 0.0450. The van der Waals surface area contributed by atoms with Crippen LogP contribution < -0.4 is 10.1 Å². The van der Waals surface area contributed by atoms with Crippen LogP contribution in [0, 0.1) is 13.8 Å². The van der Waals surface area contributed by atoms with Crippen molar-refractivity contribution in [3.63, 3.8) is 0 Å². The van der Waals surface area contributed by atoms with Gasteiger partial charge in [-0.05, 0) is 42.7 Å². The molecule has 0 aliphatic heterocycles. The van der Waals surface area contributed by atoms with Gasteiger partial charge in [0.2, 0.25) is 0 Å². The van der Waals surface area contributed by atoms with Crippen molar-refractivity contribution in [2.24, 2.45) is 7.05 Å². The topological polar surface area (TPSA) is 56.1 Å². The summed E-state index contributed by atoms with van der Waals surface area (Å²) < 4.78 is 7.58. The van der Waals surface area contributed by atoms with Crippen LogP contribution in [-0.2, 0) is 11.8 Å². The van der Waals surface area contributed by atoms with Crippen LogP contribution in [0.3, 0.4) is 0 Å². The molecule has 26 heavy (non-hydrogen) atoms. The molecule has 0 spiro atoms. The average Bonchev–Trinajstić information content (AvgIpc) is 3.03. The number of hydrogen-bond acceptors (Lipinski definition) is 3. The molecule has 1 atom stereocenters. The maximum atomic E-state index is 12.5. The number of aromatic nitrogens is 2.